The number of carbonyl (C=O) groups is 4. The second-order valence-electron chi connectivity index (χ2n) is 8.04. The van der Waals surface area contributed by atoms with Crippen LogP contribution in [0.4, 0.5) is 14.9 Å². The van der Waals surface area contributed by atoms with Crippen LogP contribution in [0.15, 0.2) is 42.5 Å². The standard InChI is InChI=1S/C24H24FN3O7/c25-17-3-1-15(2-4-17)22(30)28-9-7-16(8-10-28)23(31)35-14-21(29)27-24(32)26-18-5-6-19-20(13-18)34-12-11-33-19/h1-6,13,16H,7-12,14H2,(H2,26,27,29,32). The van der Waals surface area contributed by atoms with Crippen LogP contribution in [-0.4, -0.2) is 61.6 Å². The van der Waals surface area contributed by atoms with Crippen molar-refractivity contribution < 1.29 is 37.8 Å². The number of halogens is 1. The van der Waals surface area contributed by atoms with Crippen molar-refractivity contribution in [1.82, 2.24) is 10.2 Å². The highest BCUT2D eigenvalue weighted by atomic mass is 19.1. The number of piperidine rings is 1. The van der Waals surface area contributed by atoms with Crippen LogP contribution in [0, 0.1) is 11.7 Å². The van der Waals surface area contributed by atoms with Crippen LogP contribution in [-0.2, 0) is 14.3 Å². The molecule has 2 aromatic rings. The van der Waals surface area contributed by atoms with Gasteiger partial charge in [-0.1, -0.05) is 0 Å². The van der Waals surface area contributed by atoms with Crippen LogP contribution in [0.2, 0.25) is 0 Å². The molecule has 10 nitrogen and oxygen atoms in total. The van der Waals surface area contributed by atoms with Crippen molar-refractivity contribution in [3.05, 3.63) is 53.8 Å². The van der Waals surface area contributed by atoms with E-state index in [1.807, 2.05) is 0 Å². The van der Waals surface area contributed by atoms with E-state index in [2.05, 4.69) is 10.6 Å². The molecular weight excluding hydrogens is 461 g/mol. The quantitative estimate of drug-likeness (QED) is 0.623. The number of benzene rings is 2. The molecule has 35 heavy (non-hydrogen) atoms. The molecule has 0 spiro atoms. The molecule has 1 fully saturated rings. The fourth-order valence-electron chi connectivity index (χ4n) is 3.79. The van der Waals surface area contributed by atoms with Gasteiger partial charge < -0.3 is 24.4 Å². The van der Waals surface area contributed by atoms with Crippen molar-refractivity contribution in [2.45, 2.75) is 12.8 Å². The third-order valence-corrected chi connectivity index (χ3v) is 5.61. The minimum absolute atomic E-state index is 0.236. The van der Waals surface area contributed by atoms with Crippen molar-refractivity contribution in [2.24, 2.45) is 5.92 Å². The Hall–Kier alpha value is -4.15. The average molecular weight is 485 g/mol. The molecule has 0 aliphatic carbocycles. The second kappa shape index (κ2) is 10.9. The van der Waals surface area contributed by atoms with Crippen LogP contribution in [0.1, 0.15) is 23.2 Å². The fourth-order valence-corrected chi connectivity index (χ4v) is 3.79. The van der Waals surface area contributed by atoms with Gasteiger partial charge in [-0.3, -0.25) is 19.7 Å². The van der Waals surface area contributed by atoms with E-state index in [1.54, 1.807) is 23.1 Å². The Kier molecular flexibility index (Phi) is 7.44. The van der Waals surface area contributed by atoms with Gasteiger partial charge in [0.2, 0.25) is 0 Å². The van der Waals surface area contributed by atoms with Crippen molar-refractivity contribution in [3.8, 4) is 11.5 Å². The summed E-state index contributed by atoms with van der Waals surface area (Å²) in [5.74, 6) is -1.42. The summed E-state index contributed by atoms with van der Waals surface area (Å²) >= 11 is 0. The third kappa shape index (κ3) is 6.25. The summed E-state index contributed by atoms with van der Waals surface area (Å²) in [6, 6.07) is 9.32. The zero-order valence-corrected chi connectivity index (χ0v) is 18.8. The normalized spacial score (nSPS) is 15.2. The Balaban J connectivity index is 1.17. The predicted molar refractivity (Wildman–Crippen MR) is 121 cm³/mol. The van der Waals surface area contributed by atoms with E-state index in [0.29, 0.717) is 61.9 Å². The number of nitrogens with one attached hydrogen (secondary N) is 2. The fraction of sp³-hybridized carbons (Fsp3) is 0.333. The maximum Gasteiger partial charge on any atom is 0.325 e. The van der Waals surface area contributed by atoms with Gasteiger partial charge in [-0.2, -0.15) is 0 Å². The first-order valence-corrected chi connectivity index (χ1v) is 11.1. The van der Waals surface area contributed by atoms with Gasteiger partial charge in [0, 0.05) is 30.4 Å². The summed E-state index contributed by atoms with van der Waals surface area (Å²) in [6.07, 6.45) is 0.746. The smallest absolute Gasteiger partial charge is 0.325 e. The predicted octanol–water partition coefficient (Wildman–Crippen LogP) is 2.34. The monoisotopic (exact) mass is 485 g/mol. The molecule has 2 aliphatic heterocycles. The Morgan fingerprint density at radius 1 is 0.971 bits per heavy atom. The number of esters is 1. The molecule has 11 heteroatoms. The largest absolute Gasteiger partial charge is 0.486 e. The first-order chi connectivity index (χ1) is 16.9. The maximum absolute atomic E-state index is 13.0. The van der Waals surface area contributed by atoms with Gasteiger partial charge in [0.1, 0.15) is 19.0 Å². The molecule has 2 aromatic carbocycles. The number of imide groups is 1. The van der Waals surface area contributed by atoms with E-state index in [-0.39, 0.29) is 5.91 Å². The molecule has 0 aromatic heterocycles. The number of likely N-dealkylation sites (tertiary alicyclic amines) is 1. The molecule has 184 valence electrons. The average Bonchev–Trinajstić information content (AvgIpc) is 2.87. The minimum atomic E-state index is -0.782. The highest BCUT2D eigenvalue weighted by Gasteiger charge is 2.29. The lowest BCUT2D eigenvalue weighted by Gasteiger charge is -2.31. The van der Waals surface area contributed by atoms with Gasteiger partial charge >= 0.3 is 12.0 Å². The number of hydrogen-bond acceptors (Lipinski definition) is 7. The van der Waals surface area contributed by atoms with Gasteiger partial charge in [-0.05, 0) is 49.2 Å². The molecule has 0 radical (unpaired) electrons. The Morgan fingerprint density at radius 3 is 2.37 bits per heavy atom. The lowest BCUT2D eigenvalue weighted by Crippen LogP contribution is -2.41. The van der Waals surface area contributed by atoms with Crippen LogP contribution in [0.5, 0.6) is 11.5 Å². The number of nitrogens with zero attached hydrogens (tertiary/aromatic N) is 1. The zero-order chi connectivity index (χ0) is 24.8. The Morgan fingerprint density at radius 2 is 1.66 bits per heavy atom. The molecule has 4 amide bonds. The summed E-state index contributed by atoms with van der Waals surface area (Å²) in [7, 11) is 0. The van der Waals surface area contributed by atoms with Crippen molar-refractivity contribution >= 4 is 29.5 Å². The van der Waals surface area contributed by atoms with Gasteiger partial charge in [0.05, 0.1) is 5.92 Å². The number of hydrogen-bond donors (Lipinski definition) is 2. The van der Waals surface area contributed by atoms with Crippen molar-refractivity contribution in [3.63, 3.8) is 0 Å². The second-order valence-corrected chi connectivity index (χ2v) is 8.04. The number of amides is 4. The lowest BCUT2D eigenvalue weighted by molar-refractivity contribution is -0.153. The number of carbonyl (C=O) groups excluding carboxylic acids is 4. The number of urea groups is 1. The molecule has 0 unspecified atom stereocenters. The van der Waals surface area contributed by atoms with Gasteiger partial charge in [0.25, 0.3) is 11.8 Å². The van der Waals surface area contributed by atoms with Crippen molar-refractivity contribution in [2.75, 3.05) is 38.2 Å². The summed E-state index contributed by atoms with van der Waals surface area (Å²) in [5.41, 5.74) is 0.775. The first-order valence-electron chi connectivity index (χ1n) is 11.1. The van der Waals surface area contributed by atoms with E-state index >= 15 is 0 Å². The molecule has 0 bridgehead atoms. The maximum atomic E-state index is 13.0. The van der Waals surface area contributed by atoms with E-state index < -0.39 is 36.2 Å². The minimum Gasteiger partial charge on any atom is -0.486 e. The molecular formula is C24H24FN3O7. The third-order valence-electron chi connectivity index (χ3n) is 5.61. The molecule has 2 N–H and O–H groups in total. The lowest BCUT2D eigenvalue weighted by atomic mass is 9.96. The van der Waals surface area contributed by atoms with E-state index in [9.17, 15) is 23.6 Å². The molecule has 2 heterocycles. The van der Waals surface area contributed by atoms with Crippen LogP contribution in [0.3, 0.4) is 0 Å². The highest BCUT2D eigenvalue weighted by Crippen LogP contribution is 2.32. The van der Waals surface area contributed by atoms with Crippen LogP contribution < -0.4 is 20.1 Å². The number of ether oxygens (including phenoxy) is 3. The van der Waals surface area contributed by atoms with E-state index in [4.69, 9.17) is 14.2 Å². The Bertz CT molecular complexity index is 1110. The molecule has 4 rings (SSSR count). The van der Waals surface area contributed by atoms with E-state index in [1.165, 1.54) is 24.3 Å². The van der Waals surface area contributed by atoms with Crippen LogP contribution in [0.25, 0.3) is 0 Å². The number of anilines is 1. The topological polar surface area (TPSA) is 123 Å². The van der Waals surface area contributed by atoms with E-state index in [0.717, 1.165) is 0 Å². The summed E-state index contributed by atoms with van der Waals surface area (Å²) in [5, 5.41) is 4.59. The Labute approximate surface area is 200 Å². The highest BCUT2D eigenvalue weighted by molar-refractivity contribution is 6.02. The van der Waals surface area contributed by atoms with Crippen molar-refractivity contribution in [1.29, 1.82) is 0 Å². The summed E-state index contributed by atoms with van der Waals surface area (Å²) in [4.78, 5) is 50.5. The summed E-state index contributed by atoms with van der Waals surface area (Å²) in [6.45, 7) is 0.902. The van der Waals surface area contributed by atoms with Crippen LogP contribution >= 0.6 is 0 Å². The summed E-state index contributed by atoms with van der Waals surface area (Å²) < 4.78 is 28.9. The number of rotatable bonds is 5. The zero-order valence-electron chi connectivity index (χ0n) is 18.8. The molecule has 2 aliphatic rings. The SMILES string of the molecule is O=C(COC(=O)C1CCN(C(=O)c2ccc(F)cc2)CC1)NC(=O)Nc1ccc2c(c1)OCCO2. The molecule has 0 saturated carbocycles. The first kappa shape index (κ1) is 24.0. The molecule has 1 saturated heterocycles. The van der Waals surface area contributed by atoms with Gasteiger partial charge in [0.15, 0.2) is 18.1 Å². The van der Waals surface area contributed by atoms with Gasteiger partial charge in [-0.15, -0.1) is 0 Å². The van der Waals surface area contributed by atoms with Gasteiger partial charge in [-0.25, -0.2) is 9.18 Å². The molecule has 0 atom stereocenters. The number of fused-ring (bicyclic) bond motifs is 1.